The van der Waals surface area contributed by atoms with E-state index < -0.39 is 0 Å². The van der Waals surface area contributed by atoms with Gasteiger partial charge < -0.3 is 5.11 Å². The third-order valence-corrected chi connectivity index (χ3v) is 7.36. The minimum absolute atomic E-state index is 0.631. The summed E-state index contributed by atoms with van der Waals surface area (Å²) in [5.41, 5.74) is 3.59. The highest BCUT2D eigenvalue weighted by Crippen LogP contribution is 2.45. The lowest BCUT2D eigenvalue weighted by atomic mass is 9.66. The Kier molecular flexibility index (Phi) is 6.11. The highest BCUT2D eigenvalue weighted by molar-refractivity contribution is 5.20. The Morgan fingerprint density at radius 1 is 1.00 bits per heavy atom. The van der Waals surface area contributed by atoms with Crippen LogP contribution in [0.1, 0.15) is 91.4 Å². The minimum Gasteiger partial charge on any atom is -0.513 e. The van der Waals surface area contributed by atoms with Crippen molar-refractivity contribution in [3.8, 4) is 0 Å². The van der Waals surface area contributed by atoms with Gasteiger partial charge in [-0.25, -0.2) is 0 Å². The SMILES string of the molecule is CC1=C(C2CC(CCC3CC=C(O)CC3)CCC2C)CC(C)CC1. The van der Waals surface area contributed by atoms with Crippen molar-refractivity contribution < 1.29 is 5.11 Å². The first-order chi connectivity index (χ1) is 11.5. The highest BCUT2D eigenvalue weighted by Gasteiger charge is 2.32. The molecule has 0 bridgehead atoms. The molecule has 24 heavy (non-hydrogen) atoms. The van der Waals surface area contributed by atoms with E-state index in [9.17, 15) is 5.11 Å². The summed E-state index contributed by atoms with van der Waals surface area (Å²) in [6.07, 6.45) is 16.6. The van der Waals surface area contributed by atoms with Crippen molar-refractivity contribution in [1.29, 1.82) is 0 Å². The quantitative estimate of drug-likeness (QED) is 0.540. The van der Waals surface area contributed by atoms with Crippen LogP contribution in [0.3, 0.4) is 0 Å². The zero-order valence-electron chi connectivity index (χ0n) is 16.2. The lowest BCUT2D eigenvalue weighted by Gasteiger charge is -2.39. The molecule has 3 aliphatic rings. The van der Waals surface area contributed by atoms with Crippen LogP contribution in [-0.2, 0) is 0 Å². The largest absolute Gasteiger partial charge is 0.513 e. The van der Waals surface area contributed by atoms with Gasteiger partial charge >= 0.3 is 0 Å². The van der Waals surface area contributed by atoms with E-state index in [4.69, 9.17) is 0 Å². The smallest absolute Gasteiger partial charge is 0.0883 e. The number of hydrogen-bond acceptors (Lipinski definition) is 1. The maximum absolute atomic E-state index is 9.55. The fourth-order valence-electron chi connectivity index (χ4n) is 5.51. The van der Waals surface area contributed by atoms with Crippen LogP contribution in [0.4, 0.5) is 0 Å². The van der Waals surface area contributed by atoms with Gasteiger partial charge in [0.25, 0.3) is 0 Å². The molecule has 0 radical (unpaired) electrons. The Morgan fingerprint density at radius 2 is 1.79 bits per heavy atom. The maximum Gasteiger partial charge on any atom is 0.0883 e. The van der Waals surface area contributed by atoms with E-state index in [2.05, 4.69) is 26.8 Å². The molecule has 0 saturated heterocycles. The Labute approximate surface area is 149 Å². The van der Waals surface area contributed by atoms with E-state index in [1.54, 1.807) is 5.57 Å². The molecular weight excluding hydrogens is 292 g/mol. The van der Waals surface area contributed by atoms with Gasteiger partial charge in [0.2, 0.25) is 0 Å². The van der Waals surface area contributed by atoms with Gasteiger partial charge in [0.15, 0.2) is 0 Å². The fraction of sp³-hybridized carbons (Fsp3) is 0.826. The number of aliphatic hydroxyl groups is 1. The zero-order chi connectivity index (χ0) is 17.1. The zero-order valence-corrected chi connectivity index (χ0v) is 16.2. The standard InChI is InChI=1S/C23H38O/c1-16-4-5-17(2)22(14-16)23-15-20(7-6-18(23)3)9-8-19-10-12-21(24)13-11-19/h12,16,18-20,23-24H,4-11,13-15H2,1-3H3. The normalized spacial score (nSPS) is 38.1. The molecule has 3 aliphatic carbocycles. The van der Waals surface area contributed by atoms with E-state index in [0.717, 1.165) is 42.4 Å². The van der Waals surface area contributed by atoms with Gasteiger partial charge in [0, 0.05) is 6.42 Å². The average molecular weight is 331 g/mol. The number of hydrogen-bond donors (Lipinski definition) is 1. The molecule has 0 heterocycles. The van der Waals surface area contributed by atoms with Gasteiger partial charge in [0.05, 0.1) is 5.76 Å². The predicted octanol–water partition coefficient (Wildman–Crippen LogP) is 7.20. The predicted molar refractivity (Wildman–Crippen MR) is 103 cm³/mol. The first-order valence-corrected chi connectivity index (χ1v) is 10.6. The Balaban J connectivity index is 1.55. The molecule has 0 aromatic rings. The number of allylic oxidation sites excluding steroid dienone is 4. The molecule has 3 rings (SSSR count). The molecule has 1 nitrogen and oxygen atoms in total. The first kappa shape index (κ1) is 18.1. The van der Waals surface area contributed by atoms with Crippen molar-refractivity contribution in [2.45, 2.75) is 91.4 Å². The van der Waals surface area contributed by atoms with E-state index >= 15 is 0 Å². The topological polar surface area (TPSA) is 20.2 Å². The second-order valence-electron chi connectivity index (χ2n) is 9.33. The maximum atomic E-state index is 9.55. The van der Waals surface area contributed by atoms with Gasteiger partial charge in [-0.3, -0.25) is 0 Å². The monoisotopic (exact) mass is 330 g/mol. The third-order valence-electron chi connectivity index (χ3n) is 7.36. The molecular formula is C23H38O. The second kappa shape index (κ2) is 8.11. The Morgan fingerprint density at radius 3 is 2.54 bits per heavy atom. The molecule has 0 amide bonds. The van der Waals surface area contributed by atoms with Crippen molar-refractivity contribution in [1.82, 2.24) is 0 Å². The van der Waals surface area contributed by atoms with Crippen LogP contribution in [0.25, 0.3) is 0 Å². The van der Waals surface area contributed by atoms with Crippen LogP contribution in [-0.4, -0.2) is 5.11 Å². The highest BCUT2D eigenvalue weighted by atomic mass is 16.3. The van der Waals surface area contributed by atoms with Crippen molar-refractivity contribution in [2.75, 3.05) is 0 Å². The Bertz CT molecular complexity index is 486. The van der Waals surface area contributed by atoms with Crippen LogP contribution in [0, 0.1) is 29.6 Å². The summed E-state index contributed by atoms with van der Waals surface area (Å²) in [5.74, 6) is 5.08. The summed E-state index contributed by atoms with van der Waals surface area (Å²) in [6.45, 7) is 7.37. The lowest BCUT2D eigenvalue weighted by molar-refractivity contribution is 0.191. The van der Waals surface area contributed by atoms with Crippen LogP contribution in [0.2, 0.25) is 0 Å². The summed E-state index contributed by atoms with van der Waals surface area (Å²) in [5, 5.41) is 9.55. The summed E-state index contributed by atoms with van der Waals surface area (Å²) >= 11 is 0. The van der Waals surface area contributed by atoms with Crippen molar-refractivity contribution in [3.05, 3.63) is 23.0 Å². The van der Waals surface area contributed by atoms with Gasteiger partial charge in [-0.1, -0.05) is 37.8 Å². The average Bonchev–Trinajstić information content (AvgIpc) is 2.58. The molecule has 1 fully saturated rings. The Hall–Kier alpha value is -0.720. The number of aliphatic hydroxyl groups excluding tert-OH is 1. The molecule has 0 spiro atoms. The summed E-state index contributed by atoms with van der Waals surface area (Å²) < 4.78 is 0. The molecule has 5 unspecified atom stereocenters. The van der Waals surface area contributed by atoms with Crippen LogP contribution in [0.5, 0.6) is 0 Å². The van der Waals surface area contributed by atoms with Crippen LogP contribution in [0.15, 0.2) is 23.0 Å². The molecule has 0 aromatic heterocycles. The van der Waals surface area contributed by atoms with Gasteiger partial charge in [-0.15, -0.1) is 0 Å². The van der Waals surface area contributed by atoms with Gasteiger partial charge in [0.1, 0.15) is 0 Å². The van der Waals surface area contributed by atoms with E-state index in [0.29, 0.717) is 5.76 Å². The van der Waals surface area contributed by atoms with Crippen molar-refractivity contribution in [2.24, 2.45) is 29.6 Å². The molecule has 1 saturated carbocycles. The molecule has 136 valence electrons. The van der Waals surface area contributed by atoms with Gasteiger partial charge in [-0.2, -0.15) is 0 Å². The molecule has 5 atom stereocenters. The number of rotatable bonds is 4. The summed E-state index contributed by atoms with van der Waals surface area (Å²) in [6, 6.07) is 0. The van der Waals surface area contributed by atoms with Crippen LogP contribution < -0.4 is 0 Å². The lowest BCUT2D eigenvalue weighted by Crippen LogP contribution is -2.27. The summed E-state index contributed by atoms with van der Waals surface area (Å²) in [7, 11) is 0. The van der Waals surface area contributed by atoms with Crippen molar-refractivity contribution >= 4 is 0 Å². The van der Waals surface area contributed by atoms with Crippen LogP contribution >= 0.6 is 0 Å². The summed E-state index contributed by atoms with van der Waals surface area (Å²) in [4.78, 5) is 0. The van der Waals surface area contributed by atoms with Crippen molar-refractivity contribution in [3.63, 3.8) is 0 Å². The van der Waals surface area contributed by atoms with E-state index in [-0.39, 0.29) is 0 Å². The first-order valence-electron chi connectivity index (χ1n) is 10.6. The second-order valence-corrected chi connectivity index (χ2v) is 9.33. The van der Waals surface area contributed by atoms with Gasteiger partial charge in [-0.05, 0) is 94.0 Å². The third kappa shape index (κ3) is 4.46. The molecule has 1 heteroatoms. The van der Waals surface area contributed by atoms with E-state index in [1.165, 1.54) is 57.8 Å². The van der Waals surface area contributed by atoms with E-state index in [1.807, 2.05) is 5.57 Å². The molecule has 0 aromatic carbocycles. The molecule has 0 aliphatic heterocycles. The fourth-order valence-corrected chi connectivity index (χ4v) is 5.51. The minimum atomic E-state index is 0.631. The molecule has 1 N–H and O–H groups in total.